The molecule has 2 atom stereocenters. The number of aryl methyl sites for hydroxylation is 1. The Morgan fingerprint density at radius 3 is 2.37 bits per heavy atom. The fourth-order valence-corrected chi connectivity index (χ4v) is 5.75. The van der Waals surface area contributed by atoms with E-state index in [0.717, 1.165) is 37.9 Å². The van der Waals surface area contributed by atoms with Gasteiger partial charge in [-0.15, -0.1) is 13.2 Å². The van der Waals surface area contributed by atoms with Crippen LogP contribution in [-0.2, 0) is 0 Å². The lowest BCUT2D eigenvalue weighted by molar-refractivity contribution is -0.274. The molecule has 0 spiro atoms. The molecule has 5 rings (SSSR count). The van der Waals surface area contributed by atoms with E-state index in [1.54, 1.807) is 10.7 Å². The number of rotatable bonds is 5. The van der Waals surface area contributed by atoms with Gasteiger partial charge in [0.2, 0.25) is 0 Å². The SMILES string of the molecule is Cc1nn(-c2cccc(OC(F)(F)F)c2)c(C2CC2)c1C(=O)N1CCC(N2CC[C@H](C)[C@@H]2C)CC1. The van der Waals surface area contributed by atoms with Gasteiger partial charge >= 0.3 is 6.36 Å². The fourth-order valence-electron chi connectivity index (χ4n) is 5.75. The van der Waals surface area contributed by atoms with E-state index in [1.165, 1.54) is 24.6 Å². The molecule has 190 valence electrons. The smallest absolute Gasteiger partial charge is 0.406 e. The molecule has 2 saturated heterocycles. The molecule has 35 heavy (non-hydrogen) atoms. The zero-order valence-corrected chi connectivity index (χ0v) is 20.5. The molecule has 6 nitrogen and oxygen atoms in total. The van der Waals surface area contributed by atoms with E-state index in [9.17, 15) is 18.0 Å². The summed E-state index contributed by atoms with van der Waals surface area (Å²) in [5, 5.41) is 4.62. The maximum atomic E-state index is 13.7. The van der Waals surface area contributed by atoms with E-state index in [4.69, 9.17) is 0 Å². The van der Waals surface area contributed by atoms with Crippen LogP contribution in [0.15, 0.2) is 24.3 Å². The summed E-state index contributed by atoms with van der Waals surface area (Å²) in [7, 11) is 0. The van der Waals surface area contributed by atoms with Crippen LogP contribution in [0.25, 0.3) is 5.69 Å². The van der Waals surface area contributed by atoms with Crippen LogP contribution in [0, 0.1) is 12.8 Å². The molecule has 2 aromatic rings. The van der Waals surface area contributed by atoms with Gasteiger partial charge in [-0.2, -0.15) is 5.10 Å². The lowest BCUT2D eigenvalue weighted by Gasteiger charge is -2.39. The summed E-state index contributed by atoms with van der Waals surface area (Å²) in [6, 6.07) is 6.89. The van der Waals surface area contributed by atoms with Gasteiger partial charge < -0.3 is 9.64 Å². The van der Waals surface area contributed by atoms with Crippen LogP contribution in [0.2, 0.25) is 0 Å². The first kappa shape index (κ1) is 24.2. The molecule has 9 heteroatoms. The predicted molar refractivity (Wildman–Crippen MR) is 126 cm³/mol. The summed E-state index contributed by atoms with van der Waals surface area (Å²) in [6.07, 6.45) is 0.278. The summed E-state index contributed by atoms with van der Waals surface area (Å²) in [6.45, 7) is 8.99. The Balaban J connectivity index is 1.37. The van der Waals surface area contributed by atoms with Crippen molar-refractivity contribution in [1.82, 2.24) is 19.6 Å². The molecular weight excluding hydrogens is 457 g/mol. The van der Waals surface area contributed by atoms with Crippen LogP contribution in [-0.4, -0.2) is 63.6 Å². The van der Waals surface area contributed by atoms with Crippen LogP contribution < -0.4 is 4.74 Å². The second-order valence-electron chi connectivity index (χ2n) is 10.3. The number of halogens is 3. The molecule has 0 unspecified atom stereocenters. The molecule has 0 bridgehead atoms. The number of ether oxygens (including phenoxy) is 1. The third-order valence-electron chi connectivity index (χ3n) is 7.98. The van der Waals surface area contributed by atoms with Gasteiger partial charge in [0.25, 0.3) is 5.91 Å². The maximum Gasteiger partial charge on any atom is 0.573 e. The first-order chi connectivity index (χ1) is 16.6. The second-order valence-corrected chi connectivity index (χ2v) is 10.3. The molecule has 1 aromatic heterocycles. The van der Waals surface area contributed by atoms with Crippen LogP contribution in [0.3, 0.4) is 0 Å². The Hall–Kier alpha value is -2.55. The number of carbonyl (C=O) groups excluding carboxylic acids is 1. The number of hydrogen-bond acceptors (Lipinski definition) is 4. The standard InChI is InChI=1S/C26H33F3N4O2/c1-16-9-14-32(18(16)3)20-10-12-31(13-11-20)25(34)23-17(2)30-33(24(23)19-7-8-19)21-5-4-6-22(15-21)35-26(27,28)29/h4-6,15-16,18-20H,7-14H2,1-3H3/t16-,18-/m0/s1. The summed E-state index contributed by atoms with van der Waals surface area (Å²) in [4.78, 5) is 18.2. The van der Waals surface area contributed by atoms with Gasteiger partial charge in [0, 0.05) is 37.2 Å². The topological polar surface area (TPSA) is 50.6 Å². The largest absolute Gasteiger partial charge is 0.573 e. The first-order valence-electron chi connectivity index (χ1n) is 12.6. The van der Waals surface area contributed by atoms with Crippen molar-refractivity contribution in [3.05, 3.63) is 41.2 Å². The van der Waals surface area contributed by atoms with Crippen LogP contribution in [0.1, 0.15) is 73.6 Å². The van der Waals surface area contributed by atoms with E-state index >= 15 is 0 Å². The normalized spacial score (nSPS) is 24.2. The Morgan fingerprint density at radius 2 is 1.77 bits per heavy atom. The van der Waals surface area contributed by atoms with Crippen LogP contribution in [0.4, 0.5) is 13.2 Å². The van der Waals surface area contributed by atoms with Crippen LogP contribution >= 0.6 is 0 Å². The van der Waals surface area contributed by atoms with Crippen molar-refractivity contribution in [3.63, 3.8) is 0 Å². The van der Waals surface area contributed by atoms with Gasteiger partial charge in [-0.3, -0.25) is 9.69 Å². The quantitative estimate of drug-likeness (QED) is 0.572. The molecule has 3 fully saturated rings. The van der Waals surface area contributed by atoms with Gasteiger partial charge in [-0.1, -0.05) is 13.0 Å². The first-order valence-corrected chi connectivity index (χ1v) is 12.6. The minimum atomic E-state index is -4.77. The average Bonchev–Trinajstić information content (AvgIpc) is 3.52. The lowest BCUT2D eigenvalue weighted by atomic mass is 9.99. The number of nitrogens with zero attached hydrogens (tertiary/aromatic N) is 4. The Morgan fingerprint density at radius 1 is 1.06 bits per heavy atom. The zero-order chi connectivity index (χ0) is 24.9. The van der Waals surface area contributed by atoms with Crippen molar-refractivity contribution in [2.45, 2.75) is 77.2 Å². The lowest BCUT2D eigenvalue weighted by Crippen LogP contribution is -2.48. The van der Waals surface area contributed by atoms with E-state index in [0.29, 0.717) is 48.0 Å². The summed E-state index contributed by atoms with van der Waals surface area (Å²) < 4.78 is 44.0. The predicted octanol–water partition coefficient (Wildman–Crippen LogP) is 5.29. The number of likely N-dealkylation sites (tertiary alicyclic amines) is 2. The zero-order valence-electron chi connectivity index (χ0n) is 20.5. The van der Waals surface area contributed by atoms with E-state index < -0.39 is 6.36 Å². The maximum absolute atomic E-state index is 13.7. The molecule has 3 aliphatic rings. The van der Waals surface area contributed by atoms with Crippen molar-refractivity contribution in [2.24, 2.45) is 5.92 Å². The Kier molecular flexibility index (Phi) is 6.32. The molecule has 2 aliphatic heterocycles. The minimum absolute atomic E-state index is 0.0142. The number of carbonyl (C=O) groups is 1. The highest BCUT2D eigenvalue weighted by molar-refractivity contribution is 5.97. The number of amides is 1. The molecule has 0 N–H and O–H groups in total. The highest BCUT2D eigenvalue weighted by Crippen LogP contribution is 2.44. The number of hydrogen-bond donors (Lipinski definition) is 0. The summed E-state index contributed by atoms with van der Waals surface area (Å²) >= 11 is 0. The second kappa shape index (κ2) is 9.15. The summed E-state index contributed by atoms with van der Waals surface area (Å²) in [5.41, 5.74) is 2.49. The van der Waals surface area contributed by atoms with Gasteiger partial charge in [0.05, 0.1) is 22.6 Å². The highest BCUT2D eigenvalue weighted by Gasteiger charge is 2.39. The van der Waals surface area contributed by atoms with E-state index in [2.05, 4.69) is 28.6 Å². The molecular formula is C26H33F3N4O2. The van der Waals surface area contributed by atoms with Crippen molar-refractivity contribution in [1.29, 1.82) is 0 Å². The molecule has 1 aromatic carbocycles. The molecule has 3 heterocycles. The van der Waals surface area contributed by atoms with Gasteiger partial charge in [0.15, 0.2) is 0 Å². The third kappa shape index (κ3) is 4.92. The third-order valence-corrected chi connectivity index (χ3v) is 7.98. The minimum Gasteiger partial charge on any atom is -0.406 e. The van der Waals surface area contributed by atoms with Crippen molar-refractivity contribution < 1.29 is 22.7 Å². The molecule has 1 saturated carbocycles. The number of piperidine rings is 1. The summed E-state index contributed by atoms with van der Waals surface area (Å²) in [5.74, 6) is 0.584. The number of aromatic nitrogens is 2. The van der Waals surface area contributed by atoms with E-state index in [-0.39, 0.29) is 17.6 Å². The average molecular weight is 491 g/mol. The van der Waals surface area contributed by atoms with Gasteiger partial charge in [-0.25, -0.2) is 4.68 Å². The number of benzene rings is 1. The van der Waals surface area contributed by atoms with Gasteiger partial charge in [0.1, 0.15) is 5.75 Å². The van der Waals surface area contributed by atoms with Crippen molar-refractivity contribution in [2.75, 3.05) is 19.6 Å². The molecule has 1 amide bonds. The molecule has 1 aliphatic carbocycles. The van der Waals surface area contributed by atoms with E-state index in [1.807, 2.05) is 11.8 Å². The highest BCUT2D eigenvalue weighted by atomic mass is 19.4. The Labute approximate surface area is 204 Å². The van der Waals surface area contributed by atoms with Crippen LogP contribution in [0.5, 0.6) is 5.75 Å². The Bertz CT molecular complexity index is 1090. The number of alkyl halides is 3. The fraction of sp³-hybridized carbons (Fsp3) is 0.615. The van der Waals surface area contributed by atoms with Gasteiger partial charge in [-0.05, 0) is 70.5 Å². The van der Waals surface area contributed by atoms with Crippen molar-refractivity contribution in [3.8, 4) is 11.4 Å². The molecule has 0 radical (unpaired) electrons. The monoisotopic (exact) mass is 490 g/mol. The van der Waals surface area contributed by atoms with Crippen molar-refractivity contribution >= 4 is 5.91 Å².